The molecule has 3 aromatic carbocycles. The Hall–Kier alpha value is -2.94. The Morgan fingerprint density at radius 1 is 1.09 bits per heavy atom. The van der Waals surface area contributed by atoms with Crippen molar-refractivity contribution in [3.05, 3.63) is 82.8 Å². The minimum atomic E-state index is -3.68. The van der Waals surface area contributed by atoms with E-state index >= 15 is 0 Å². The number of hydrogen-bond donors (Lipinski definition) is 1. The summed E-state index contributed by atoms with van der Waals surface area (Å²) >= 11 is 6.42. The predicted molar refractivity (Wildman–Crippen MR) is 127 cm³/mol. The molecule has 0 aliphatic carbocycles. The van der Waals surface area contributed by atoms with Crippen LogP contribution in [0.15, 0.2) is 65.7 Å². The normalized spacial score (nSPS) is 12.8. The first-order valence-electron chi connectivity index (χ1n) is 10.3. The van der Waals surface area contributed by atoms with Crippen molar-refractivity contribution in [1.29, 1.82) is 0 Å². The molecule has 0 fully saturated rings. The van der Waals surface area contributed by atoms with Gasteiger partial charge in [0.2, 0.25) is 10.0 Å². The lowest BCUT2D eigenvalue weighted by molar-refractivity contribution is 0.288. The van der Waals surface area contributed by atoms with Crippen LogP contribution in [0.25, 0.3) is 16.6 Å². The van der Waals surface area contributed by atoms with Crippen LogP contribution in [0.5, 0.6) is 5.75 Å². The molecule has 0 saturated heterocycles. The monoisotopic (exact) mass is 487 g/mol. The summed E-state index contributed by atoms with van der Waals surface area (Å²) in [5.41, 5.74) is 3.37. The Labute approximate surface area is 197 Å². The summed E-state index contributed by atoms with van der Waals surface area (Å²) in [5, 5.41) is 5.49. The maximum atomic E-state index is 13.2. The minimum Gasteiger partial charge on any atom is -0.490 e. The highest BCUT2D eigenvalue weighted by atomic mass is 35.5. The second-order valence-corrected chi connectivity index (χ2v) is 10.1. The number of benzene rings is 3. The minimum absolute atomic E-state index is 0.0847. The van der Waals surface area contributed by atoms with Gasteiger partial charge in [-0.25, -0.2) is 22.2 Å². The van der Waals surface area contributed by atoms with Crippen molar-refractivity contribution in [3.63, 3.8) is 0 Å². The third kappa shape index (κ3) is 5.03. The van der Waals surface area contributed by atoms with E-state index in [1.807, 2.05) is 13.8 Å². The molecule has 0 amide bonds. The summed E-state index contributed by atoms with van der Waals surface area (Å²) in [5.74, 6) is 0.0891. The standard InChI is InChI=1S/C24H23ClFN3O3S/c1-15-4-9-21(10-16(15)2)33(30,31)28-17(3)14-32-24-11-18-13-27-29(23(18)12-22(24)25)20-7-5-19(26)6-8-20/h4-13,17,28H,14H2,1-3H3/t17-/m0/s1. The third-order valence-corrected chi connectivity index (χ3v) is 7.21. The fourth-order valence-corrected chi connectivity index (χ4v) is 4.91. The summed E-state index contributed by atoms with van der Waals surface area (Å²) < 4.78 is 48.7. The van der Waals surface area contributed by atoms with E-state index in [1.165, 1.54) is 12.1 Å². The van der Waals surface area contributed by atoms with Crippen LogP contribution in [0.4, 0.5) is 4.39 Å². The number of nitrogens with one attached hydrogen (secondary N) is 1. The van der Waals surface area contributed by atoms with Crippen LogP contribution in [0.2, 0.25) is 5.02 Å². The molecule has 0 saturated carbocycles. The number of sulfonamides is 1. The van der Waals surface area contributed by atoms with E-state index in [2.05, 4.69) is 9.82 Å². The highest BCUT2D eigenvalue weighted by molar-refractivity contribution is 7.89. The largest absolute Gasteiger partial charge is 0.490 e. The molecule has 4 rings (SSSR count). The molecular weight excluding hydrogens is 465 g/mol. The molecule has 0 bridgehead atoms. The van der Waals surface area contributed by atoms with Gasteiger partial charge >= 0.3 is 0 Å². The lowest BCUT2D eigenvalue weighted by Crippen LogP contribution is -2.36. The van der Waals surface area contributed by atoms with Crippen molar-refractivity contribution >= 4 is 32.5 Å². The highest BCUT2D eigenvalue weighted by Crippen LogP contribution is 2.31. The zero-order valence-electron chi connectivity index (χ0n) is 18.3. The molecule has 33 heavy (non-hydrogen) atoms. The number of fused-ring (bicyclic) bond motifs is 1. The van der Waals surface area contributed by atoms with E-state index in [1.54, 1.807) is 60.3 Å². The Morgan fingerprint density at radius 3 is 2.52 bits per heavy atom. The molecule has 4 aromatic rings. The Bertz CT molecular complexity index is 1420. The maximum absolute atomic E-state index is 13.2. The van der Waals surface area contributed by atoms with Gasteiger partial charge in [-0.3, -0.25) is 0 Å². The van der Waals surface area contributed by atoms with E-state index < -0.39 is 16.1 Å². The van der Waals surface area contributed by atoms with Crippen LogP contribution in [-0.4, -0.2) is 30.8 Å². The Balaban J connectivity index is 1.48. The molecule has 0 unspecified atom stereocenters. The molecule has 1 aromatic heterocycles. The van der Waals surface area contributed by atoms with E-state index in [4.69, 9.17) is 16.3 Å². The SMILES string of the molecule is Cc1ccc(S(=O)(=O)N[C@@H](C)COc2cc3cnn(-c4ccc(F)cc4)c3cc2Cl)cc1C. The first-order chi connectivity index (χ1) is 15.6. The van der Waals surface area contributed by atoms with Crippen LogP contribution < -0.4 is 9.46 Å². The van der Waals surface area contributed by atoms with Crippen molar-refractivity contribution in [3.8, 4) is 11.4 Å². The number of halogens is 2. The zero-order chi connectivity index (χ0) is 23.8. The van der Waals surface area contributed by atoms with Crippen molar-refractivity contribution in [2.75, 3.05) is 6.61 Å². The highest BCUT2D eigenvalue weighted by Gasteiger charge is 2.19. The number of ether oxygens (including phenoxy) is 1. The quantitative estimate of drug-likeness (QED) is 0.390. The molecule has 0 aliphatic heterocycles. The van der Waals surface area contributed by atoms with Gasteiger partial charge in [0.25, 0.3) is 0 Å². The summed E-state index contributed by atoms with van der Waals surface area (Å²) in [6.45, 7) is 5.61. The van der Waals surface area contributed by atoms with Gasteiger partial charge in [-0.1, -0.05) is 17.7 Å². The van der Waals surface area contributed by atoms with Gasteiger partial charge in [0.1, 0.15) is 18.2 Å². The van der Waals surface area contributed by atoms with Gasteiger partial charge in [-0.2, -0.15) is 5.10 Å². The van der Waals surface area contributed by atoms with Crippen LogP contribution in [-0.2, 0) is 10.0 Å². The number of hydrogen-bond acceptors (Lipinski definition) is 4. The van der Waals surface area contributed by atoms with Crippen LogP contribution in [0.3, 0.4) is 0 Å². The molecule has 0 radical (unpaired) electrons. The van der Waals surface area contributed by atoms with Gasteiger partial charge in [0.05, 0.1) is 33.4 Å². The van der Waals surface area contributed by atoms with Crippen molar-refractivity contribution in [1.82, 2.24) is 14.5 Å². The first kappa shape index (κ1) is 23.2. The zero-order valence-corrected chi connectivity index (χ0v) is 19.9. The van der Waals surface area contributed by atoms with E-state index in [0.717, 1.165) is 22.0 Å². The number of nitrogens with zero attached hydrogens (tertiary/aromatic N) is 2. The smallest absolute Gasteiger partial charge is 0.240 e. The third-order valence-electron chi connectivity index (χ3n) is 5.33. The van der Waals surface area contributed by atoms with E-state index in [9.17, 15) is 12.8 Å². The summed E-state index contributed by atoms with van der Waals surface area (Å²) in [7, 11) is -3.68. The number of aromatic nitrogens is 2. The average molecular weight is 488 g/mol. The summed E-state index contributed by atoms with van der Waals surface area (Å²) in [6, 6.07) is 14.0. The number of aryl methyl sites for hydroxylation is 2. The Kier molecular flexibility index (Phi) is 6.43. The lowest BCUT2D eigenvalue weighted by Gasteiger charge is -2.16. The molecule has 9 heteroatoms. The molecular formula is C24H23ClFN3O3S. The van der Waals surface area contributed by atoms with E-state index in [0.29, 0.717) is 16.5 Å². The molecule has 1 N–H and O–H groups in total. The predicted octanol–water partition coefficient (Wildman–Crippen LogP) is 5.18. The van der Waals surface area contributed by atoms with Gasteiger partial charge in [0.15, 0.2) is 0 Å². The fraction of sp³-hybridized carbons (Fsp3) is 0.208. The molecule has 0 aliphatic rings. The second-order valence-electron chi connectivity index (χ2n) is 7.95. The van der Waals surface area contributed by atoms with Crippen molar-refractivity contribution < 1.29 is 17.5 Å². The Morgan fingerprint density at radius 2 is 1.82 bits per heavy atom. The van der Waals surface area contributed by atoms with Gasteiger partial charge in [-0.05, 0) is 80.4 Å². The lowest BCUT2D eigenvalue weighted by atomic mass is 10.1. The summed E-state index contributed by atoms with van der Waals surface area (Å²) in [6.07, 6.45) is 1.66. The molecule has 0 spiro atoms. The molecule has 172 valence electrons. The van der Waals surface area contributed by atoms with Gasteiger partial charge < -0.3 is 4.74 Å². The van der Waals surface area contributed by atoms with Gasteiger partial charge in [-0.15, -0.1) is 0 Å². The second kappa shape index (κ2) is 9.13. The summed E-state index contributed by atoms with van der Waals surface area (Å²) in [4.78, 5) is 0.213. The number of rotatable bonds is 7. The van der Waals surface area contributed by atoms with Crippen LogP contribution in [0.1, 0.15) is 18.1 Å². The molecule has 6 nitrogen and oxygen atoms in total. The van der Waals surface area contributed by atoms with Crippen LogP contribution in [0, 0.1) is 19.7 Å². The molecule has 1 heterocycles. The van der Waals surface area contributed by atoms with Gasteiger partial charge in [0, 0.05) is 5.39 Å². The maximum Gasteiger partial charge on any atom is 0.240 e. The van der Waals surface area contributed by atoms with Crippen molar-refractivity contribution in [2.45, 2.75) is 31.7 Å². The average Bonchev–Trinajstić information content (AvgIpc) is 3.16. The van der Waals surface area contributed by atoms with Crippen molar-refractivity contribution in [2.24, 2.45) is 0 Å². The van der Waals surface area contributed by atoms with Crippen LogP contribution >= 0.6 is 11.6 Å². The molecule has 1 atom stereocenters. The topological polar surface area (TPSA) is 73.2 Å². The van der Waals surface area contributed by atoms with E-state index in [-0.39, 0.29) is 17.3 Å². The fourth-order valence-electron chi connectivity index (χ4n) is 3.39. The first-order valence-corrected chi connectivity index (χ1v) is 12.2.